The summed E-state index contributed by atoms with van der Waals surface area (Å²) in [6.07, 6.45) is 1.51. The number of fused-ring (bicyclic) bond motifs is 1. The van der Waals surface area contributed by atoms with Crippen LogP contribution in [0.15, 0.2) is 66.4 Å². The van der Waals surface area contributed by atoms with Crippen LogP contribution in [0, 0.1) is 5.82 Å². The van der Waals surface area contributed by atoms with Gasteiger partial charge in [0, 0.05) is 18.0 Å². The van der Waals surface area contributed by atoms with Crippen molar-refractivity contribution in [2.45, 2.75) is 6.04 Å². The lowest BCUT2D eigenvalue weighted by atomic mass is 9.97. The molecule has 166 valence electrons. The van der Waals surface area contributed by atoms with Gasteiger partial charge in [0.1, 0.15) is 23.4 Å². The van der Waals surface area contributed by atoms with Crippen molar-refractivity contribution in [3.8, 4) is 17.2 Å². The minimum Gasteiger partial charge on any atom is -0.507 e. The Morgan fingerprint density at radius 2 is 1.94 bits per heavy atom. The van der Waals surface area contributed by atoms with E-state index in [0.717, 1.165) is 12.1 Å². The number of hydrogen-bond donors (Lipinski definition) is 1. The third-order valence-electron chi connectivity index (χ3n) is 5.46. The average Bonchev–Trinajstić information content (AvgIpc) is 3.41. The average molecular weight is 448 g/mol. The lowest BCUT2D eigenvalue weighted by Crippen LogP contribution is -2.29. The molecule has 2 aromatic carbocycles. The van der Waals surface area contributed by atoms with Crippen LogP contribution in [0.25, 0.3) is 5.76 Å². The highest BCUT2D eigenvalue weighted by Gasteiger charge is 2.48. The number of carbonyl (C=O) groups is 2. The van der Waals surface area contributed by atoms with Crippen molar-refractivity contribution in [2.75, 3.05) is 18.8 Å². The number of pyridine rings is 1. The SMILES string of the molecule is COc1ccc(F)cc1/C(O)=C1\C(=O)C(=O)N(c2ccc3c(c2)OCO3)C1c1ccccn1. The van der Waals surface area contributed by atoms with Crippen LogP contribution < -0.4 is 19.1 Å². The number of aliphatic hydroxyl groups is 1. The molecule has 1 fully saturated rings. The van der Waals surface area contributed by atoms with E-state index in [4.69, 9.17) is 14.2 Å². The topological polar surface area (TPSA) is 98.2 Å². The molecule has 1 amide bonds. The molecule has 3 heterocycles. The Morgan fingerprint density at radius 3 is 2.70 bits per heavy atom. The van der Waals surface area contributed by atoms with E-state index in [-0.39, 0.29) is 23.7 Å². The molecular weight excluding hydrogens is 431 g/mol. The van der Waals surface area contributed by atoms with Gasteiger partial charge in [-0.25, -0.2) is 4.39 Å². The Morgan fingerprint density at radius 1 is 1.12 bits per heavy atom. The molecule has 8 nitrogen and oxygen atoms in total. The number of rotatable bonds is 4. The van der Waals surface area contributed by atoms with E-state index in [9.17, 15) is 19.1 Å². The Balaban J connectivity index is 1.73. The second-order valence-corrected chi connectivity index (χ2v) is 7.31. The van der Waals surface area contributed by atoms with Crippen molar-refractivity contribution < 1.29 is 33.3 Å². The number of carbonyl (C=O) groups excluding carboxylic acids is 2. The zero-order chi connectivity index (χ0) is 23.1. The predicted molar refractivity (Wildman–Crippen MR) is 115 cm³/mol. The largest absolute Gasteiger partial charge is 0.507 e. The second-order valence-electron chi connectivity index (χ2n) is 7.31. The summed E-state index contributed by atoms with van der Waals surface area (Å²) >= 11 is 0. The molecular formula is C24H17FN2O6. The Kier molecular flexibility index (Phi) is 4.93. The molecule has 9 heteroatoms. The van der Waals surface area contributed by atoms with Crippen LogP contribution in [-0.4, -0.2) is 35.7 Å². The summed E-state index contributed by atoms with van der Waals surface area (Å²) < 4.78 is 30.0. The maximum Gasteiger partial charge on any atom is 0.300 e. The van der Waals surface area contributed by atoms with Gasteiger partial charge in [-0.15, -0.1) is 0 Å². The first-order valence-corrected chi connectivity index (χ1v) is 9.95. The van der Waals surface area contributed by atoms with Gasteiger partial charge in [0.15, 0.2) is 11.5 Å². The zero-order valence-electron chi connectivity index (χ0n) is 17.3. The van der Waals surface area contributed by atoms with E-state index in [0.29, 0.717) is 22.9 Å². The van der Waals surface area contributed by atoms with Gasteiger partial charge in [-0.3, -0.25) is 19.5 Å². The van der Waals surface area contributed by atoms with Crippen molar-refractivity contribution in [1.29, 1.82) is 0 Å². The lowest BCUT2D eigenvalue weighted by molar-refractivity contribution is -0.132. The number of ketones is 1. The third kappa shape index (κ3) is 3.34. The van der Waals surface area contributed by atoms with Crippen LogP contribution >= 0.6 is 0 Å². The van der Waals surface area contributed by atoms with E-state index in [1.165, 1.54) is 24.3 Å². The summed E-state index contributed by atoms with van der Waals surface area (Å²) in [7, 11) is 1.35. The van der Waals surface area contributed by atoms with E-state index >= 15 is 0 Å². The van der Waals surface area contributed by atoms with Crippen molar-refractivity contribution in [3.63, 3.8) is 0 Å². The number of aromatic nitrogens is 1. The number of anilines is 1. The second kappa shape index (κ2) is 7.94. The van der Waals surface area contributed by atoms with Crippen molar-refractivity contribution in [2.24, 2.45) is 0 Å². The fourth-order valence-corrected chi connectivity index (χ4v) is 3.96. The van der Waals surface area contributed by atoms with Gasteiger partial charge in [0.05, 0.1) is 23.9 Å². The standard InChI is InChI=1S/C24H17FN2O6/c1-31-17-7-5-13(25)10-15(17)22(28)20-21(16-4-2-3-9-26-16)27(24(30)23(20)29)14-6-8-18-19(11-14)33-12-32-18/h2-11,21,28H,12H2,1H3/b22-20+. The molecule has 0 saturated carbocycles. The van der Waals surface area contributed by atoms with Gasteiger partial charge in [-0.05, 0) is 42.5 Å². The highest BCUT2D eigenvalue weighted by atomic mass is 19.1. The van der Waals surface area contributed by atoms with Gasteiger partial charge in [0.2, 0.25) is 6.79 Å². The molecule has 0 bridgehead atoms. The highest BCUT2D eigenvalue weighted by molar-refractivity contribution is 6.51. The third-order valence-corrected chi connectivity index (χ3v) is 5.46. The van der Waals surface area contributed by atoms with Gasteiger partial charge in [-0.2, -0.15) is 0 Å². The summed E-state index contributed by atoms with van der Waals surface area (Å²) in [5.74, 6) is -1.95. The summed E-state index contributed by atoms with van der Waals surface area (Å²) in [6, 6.07) is 12.3. The summed E-state index contributed by atoms with van der Waals surface area (Å²) in [6.45, 7) is 0.0423. The molecule has 5 rings (SSSR count). The molecule has 0 aliphatic carbocycles. The number of nitrogens with zero attached hydrogens (tertiary/aromatic N) is 2. The number of benzene rings is 2. The van der Waals surface area contributed by atoms with Crippen LogP contribution in [0.2, 0.25) is 0 Å². The van der Waals surface area contributed by atoms with Gasteiger partial charge >= 0.3 is 0 Å². The van der Waals surface area contributed by atoms with E-state index < -0.39 is 29.3 Å². The van der Waals surface area contributed by atoms with Gasteiger partial charge in [0.25, 0.3) is 11.7 Å². The molecule has 0 spiro atoms. The van der Waals surface area contributed by atoms with Crippen LogP contribution in [0.5, 0.6) is 17.2 Å². The smallest absolute Gasteiger partial charge is 0.300 e. The first-order valence-electron chi connectivity index (χ1n) is 9.95. The monoisotopic (exact) mass is 448 g/mol. The van der Waals surface area contributed by atoms with E-state index in [2.05, 4.69) is 4.98 Å². The fourth-order valence-electron chi connectivity index (χ4n) is 3.96. The molecule has 1 aromatic heterocycles. The molecule has 1 atom stereocenters. The first-order chi connectivity index (χ1) is 16.0. The molecule has 1 unspecified atom stereocenters. The minimum atomic E-state index is -1.07. The molecule has 3 aromatic rings. The Bertz CT molecular complexity index is 1310. The molecule has 1 N–H and O–H groups in total. The predicted octanol–water partition coefficient (Wildman–Crippen LogP) is 3.58. The van der Waals surface area contributed by atoms with Crippen LogP contribution in [0.1, 0.15) is 17.3 Å². The number of ether oxygens (including phenoxy) is 3. The Hall–Kier alpha value is -4.40. The normalized spacial score (nSPS) is 18.6. The minimum absolute atomic E-state index is 0.0423. The molecule has 2 aliphatic rings. The molecule has 33 heavy (non-hydrogen) atoms. The van der Waals surface area contributed by atoms with E-state index in [1.807, 2.05) is 0 Å². The zero-order valence-corrected chi connectivity index (χ0v) is 17.3. The number of amides is 1. The number of halogens is 1. The number of Topliss-reactive ketones (excluding diaryl/α,β-unsaturated/α-hetero) is 1. The lowest BCUT2D eigenvalue weighted by Gasteiger charge is -2.24. The number of methoxy groups -OCH3 is 1. The summed E-state index contributed by atoms with van der Waals surface area (Å²) in [5.41, 5.74) is 0.399. The van der Waals surface area contributed by atoms with Crippen LogP contribution in [-0.2, 0) is 9.59 Å². The van der Waals surface area contributed by atoms with Crippen molar-refractivity contribution >= 4 is 23.1 Å². The van der Waals surface area contributed by atoms with E-state index in [1.54, 1.807) is 36.4 Å². The van der Waals surface area contributed by atoms with Gasteiger partial charge in [-0.1, -0.05) is 6.07 Å². The maximum absolute atomic E-state index is 14.0. The van der Waals surface area contributed by atoms with Crippen molar-refractivity contribution in [3.05, 3.63) is 83.4 Å². The summed E-state index contributed by atoms with van der Waals surface area (Å²) in [5, 5.41) is 11.2. The fraction of sp³-hybridized carbons (Fsp3) is 0.125. The summed E-state index contributed by atoms with van der Waals surface area (Å²) in [4.78, 5) is 31.9. The van der Waals surface area contributed by atoms with Crippen LogP contribution in [0.4, 0.5) is 10.1 Å². The highest BCUT2D eigenvalue weighted by Crippen LogP contribution is 2.45. The molecule has 2 aliphatic heterocycles. The quantitative estimate of drug-likeness (QED) is 0.370. The number of hydrogen-bond acceptors (Lipinski definition) is 7. The molecule has 0 radical (unpaired) electrons. The van der Waals surface area contributed by atoms with Gasteiger partial charge < -0.3 is 19.3 Å². The Labute approximate surface area is 187 Å². The number of aliphatic hydroxyl groups excluding tert-OH is 1. The maximum atomic E-state index is 14.0. The van der Waals surface area contributed by atoms with Crippen molar-refractivity contribution in [1.82, 2.24) is 4.98 Å². The van der Waals surface area contributed by atoms with Crippen LogP contribution in [0.3, 0.4) is 0 Å². The molecule has 1 saturated heterocycles. The first kappa shape index (κ1) is 20.5.